The number of hydrogen-bond donors (Lipinski definition) is 0. The predicted molar refractivity (Wildman–Crippen MR) is 95.5 cm³/mol. The van der Waals surface area contributed by atoms with Crippen LogP contribution in [0.2, 0.25) is 0 Å². The molecule has 1 aromatic rings. The first-order valence-electron chi connectivity index (χ1n) is 8.16. The molecule has 1 fully saturated rings. The highest BCUT2D eigenvalue weighted by molar-refractivity contribution is 8.00. The average molecular weight is 372 g/mol. The Balaban J connectivity index is 2.09. The Bertz CT molecular complexity index is 652. The zero-order valence-corrected chi connectivity index (χ0v) is 16.1. The van der Waals surface area contributed by atoms with Crippen LogP contribution in [0.5, 0.6) is 0 Å². The lowest BCUT2D eigenvalue weighted by Crippen LogP contribution is -2.32. The summed E-state index contributed by atoms with van der Waals surface area (Å²) in [7, 11) is -0.0500. The van der Waals surface area contributed by atoms with Crippen LogP contribution in [0.25, 0.3) is 0 Å². The van der Waals surface area contributed by atoms with E-state index in [9.17, 15) is 13.2 Å². The van der Waals surface area contributed by atoms with Crippen LogP contribution in [0.3, 0.4) is 0 Å². The van der Waals surface area contributed by atoms with Crippen molar-refractivity contribution in [3.05, 3.63) is 18.3 Å². The molecular weight excluding hydrogens is 346 g/mol. The molecule has 1 amide bonds. The number of pyridine rings is 1. The number of rotatable bonds is 5. The van der Waals surface area contributed by atoms with Crippen molar-refractivity contribution in [1.29, 1.82) is 0 Å². The van der Waals surface area contributed by atoms with Gasteiger partial charge in [0.05, 0.1) is 10.3 Å². The molecule has 8 heteroatoms. The molecule has 134 valence electrons. The molecule has 0 saturated carbocycles. The van der Waals surface area contributed by atoms with Crippen LogP contribution in [0.4, 0.5) is 0 Å². The van der Waals surface area contributed by atoms with Crippen molar-refractivity contribution in [2.75, 3.05) is 27.2 Å². The van der Waals surface area contributed by atoms with Gasteiger partial charge < -0.3 is 4.90 Å². The first kappa shape index (κ1) is 19.2. The number of aromatic nitrogens is 1. The molecule has 0 radical (unpaired) electrons. The smallest absolute Gasteiger partial charge is 0.244 e. The van der Waals surface area contributed by atoms with Crippen LogP contribution >= 0.6 is 11.8 Å². The van der Waals surface area contributed by atoms with E-state index in [1.165, 1.54) is 22.9 Å². The third-order valence-corrected chi connectivity index (χ3v) is 6.92. The van der Waals surface area contributed by atoms with Crippen LogP contribution in [0.1, 0.15) is 32.6 Å². The topological polar surface area (TPSA) is 70.6 Å². The van der Waals surface area contributed by atoms with Gasteiger partial charge in [0, 0.05) is 33.4 Å². The summed E-state index contributed by atoms with van der Waals surface area (Å²) < 4.78 is 26.9. The second-order valence-corrected chi connectivity index (χ2v) is 9.44. The Labute approximate surface area is 148 Å². The Morgan fingerprint density at radius 3 is 2.33 bits per heavy atom. The number of hydrogen-bond acceptors (Lipinski definition) is 5. The van der Waals surface area contributed by atoms with Gasteiger partial charge in [0.25, 0.3) is 0 Å². The summed E-state index contributed by atoms with van der Waals surface area (Å²) in [6, 6.07) is 3.26. The number of thioether (sulfide) groups is 1. The SMILES string of the molecule is C[C@H](Sc1ccc(S(=O)(=O)N2CCCCCC2)cn1)C(=O)N(C)C. The van der Waals surface area contributed by atoms with Gasteiger partial charge in [-0.25, -0.2) is 13.4 Å². The Kier molecular flexibility index (Phi) is 6.65. The molecule has 0 N–H and O–H groups in total. The van der Waals surface area contributed by atoms with Crippen LogP contribution in [-0.2, 0) is 14.8 Å². The maximum absolute atomic E-state index is 12.7. The first-order valence-corrected chi connectivity index (χ1v) is 10.5. The van der Waals surface area contributed by atoms with E-state index in [-0.39, 0.29) is 16.1 Å². The molecule has 0 unspecified atom stereocenters. The standard InChI is InChI=1S/C16H25N3O3S2/c1-13(16(20)18(2)3)23-15-9-8-14(12-17-15)24(21,22)19-10-6-4-5-7-11-19/h8-9,12-13H,4-7,10-11H2,1-3H3/t13-/m0/s1. The van der Waals surface area contributed by atoms with E-state index in [0.717, 1.165) is 25.7 Å². The Hall–Kier alpha value is -1.12. The summed E-state index contributed by atoms with van der Waals surface area (Å²) in [4.78, 5) is 17.9. The minimum Gasteiger partial charge on any atom is -0.348 e. The fraction of sp³-hybridized carbons (Fsp3) is 0.625. The molecule has 1 aromatic heterocycles. The molecule has 0 bridgehead atoms. The largest absolute Gasteiger partial charge is 0.348 e. The van der Waals surface area contributed by atoms with Crippen molar-refractivity contribution in [1.82, 2.24) is 14.2 Å². The highest BCUT2D eigenvalue weighted by Crippen LogP contribution is 2.25. The molecule has 1 aliphatic heterocycles. The molecule has 6 nitrogen and oxygen atoms in total. The Morgan fingerprint density at radius 2 is 1.83 bits per heavy atom. The van der Waals surface area contributed by atoms with E-state index in [0.29, 0.717) is 18.1 Å². The molecule has 0 aromatic carbocycles. The van der Waals surface area contributed by atoms with E-state index in [2.05, 4.69) is 4.98 Å². The predicted octanol–water partition coefficient (Wildman–Crippen LogP) is 2.22. The molecule has 2 heterocycles. The second-order valence-electron chi connectivity index (χ2n) is 6.14. The van der Waals surface area contributed by atoms with Gasteiger partial charge in [-0.1, -0.05) is 24.6 Å². The minimum atomic E-state index is -3.47. The summed E-state index contributed by atoms with van der Waals surface area (Å²) in [6.45, 7) is 2.97. The van der Waals surface area contributed by atoms with Gasteiger partial charge in [-0.15, -0.1) is 0 Å². The zero-order valence-electron chi connectivity index (χ0n) is 14.4. The fourth-order valence-corrected chi connectivity index (χ4v) is 5.01. The molecule has 24 heavy (non-hydrogen) atoms. The molecular formula is C16H25N3O3S2. The molecule has 1 aliphatic rings. The van der Waals surface area contributed by atoms with Crippen LogP contribution < -0.4 is 0 Å². The summed E-state index contributed by atoms with van der Waals surface area (Å²) >= 11 is 1.33. The number of carbonyl (C=O) groups is 1. The molecule has 0 aliphatic carbocycles. The van der Waals surface area contributed by atoms with E-state index in [4.69, 9.17) is 0 Å². The fourth-order valence-electron chi connectivity index (χ4n) is 2.62. The lowest BCUT2D eigenvalue weighted by molar-refractivity contribution is -0.127. The van der Waals surface area contributed by atoms with Crippen LogP contribution in [0.15, 0.2) is 28.3 Å². The lowest BCUT2D eigenvalue weighted by atomic mass is 10.2. The van der Waals surface area contributed by atoms with Gasteiger partial charge in [0.2, 0.25) is 15.9 Å². The highest BCUT2D eigenvalue weighted by atomic mass is 32.2. The molecule has 1 saturated heterocycles. The zero-order chi connectivity index (χ0) is 17.7. The van der Waals surface area contributed by atoms with Gasteiger partial charge in [-0.3, -0.25) is 4.79 Å². The average Bonchev–Trinajstić information content (AvgIpc) is 2.84. The monoisotopic (exact) mass is 371 g/mol. The summed E-state index contributed by atoms with van der Waals surface area (Å²) in [6.07, 6.45) is 5.38. The molecule has 2 rings (SSSR count). The summed E-state index contributed by atoms with van der Waals surface area (Å²) in [5, 5.41) is 0.382. The van der Waals surface area contributed by atoms with Crippen LogP contribution in [-0.4, -0.2) is 60.9 Å². The lowest BCUT2D eigenvalue weighted by Gasteiger charge is -2.20. The van der Waals surface area contributed by atoms with E-state index < -0.39 is 10.0 Å². The maximum atomic E-state index is 12.7. The van der Waals surface area contributed by atoms with E-state index in [1.54, 1.807) is 30.5 Å². The maximum Gasteiger partial charge on any atom is 0.244 e. The summed E-state index contributed by atoms with van der Waals surface area (Å²) in [5.74, 6) is 0.00284. The highest BCUT2D eigenvalue weighted by Gasteiger charge is 2.25. The van der Waals surface area contributed by atoms with Gasteiger partial charge in [0.15, 0.2) is 0 Å². The third-order valence-electron chi connectivity index (χ3n) is 4.00. The normalized spacial score (nSPS) is 18.0. The summed E-state index contributed by atoms with van der Waals surface area (Å²) in [5.41, 5.74) is 0. The Morgan fingerprint density at radius 1 is 1.21 bits per heavy atom. The molecule has 1 atom stereocenters. The number of amides is 1. The van der Waals surface area contributed by atoms with Crippen molar-refractivity contribution in [2.45, 2.75) is 47.8 Å². The number of nitrogens with zero attached hydrogens (tertiary/aromatic N) is 3. The molecule has 0 spiro atoms. The van der Waals surface area contributed by atoms with Gasteiger partial charge in [-0.05, 0) is 31.9 Å². The van der Waals surface area contributed by atoms with Crippen LogP contribution in [0, 0.1) is 0 Å². The van der Waals surface area contributed by atoms with Crippen molar-refractivity contribution in [3.8, 4) is 0 Å². The third kappa shape index (κ3) is 4.70. The van der Waals surface area contributed by atoms with Gasteiger partial charge in [-0.2, -0.15) is 4.31 Å². The first-order chi connectivity index (χ1) is 11.3. The quantitative estimate of drug-likeness (QED) is 0.742. The van der Waals surface area contributed by atoms with Crippen molar-refractivity contribution in [2.24, 2.45) is 0 Å². The van der Waals surface area contributed by atoms with E-state index in [1.807, 2.05) is 6.92 Å². The van der Waals surface area contributed by atoms with Crippen molar-refractivity contribution < 1.29 is 13.2 Å². The van der Waals surface area contributed by atoms with Crippen molar-refractivity contribution >= 4 is 27.7 Å². The van der Waals surface area contributed by atoms with Gasteiger partial charge in [0.1, 0.15) is 4.90 Å². The van der Waals surface area contributed by atoms with E-state index >= 15 is 0 Å². The number of sulfonamides is 1. The number of carbonyl (C=O) groups excluding carboxylic acids is 1. The minimum absolute atomic E-state index is 0.00284. The second kappa shape index (κ2) is 8.31. The van der Waals surface area contributed by atoms with Gasteiger partial charge >= 0.3 is 0 Å². The van der Waals surface area contributed by atoms with Crippen molar-refractivity contribution in [3.63, 3.8) is 0 Å².